The van der Waals surface area contributed by atoms with Crippen molar-refractivity contribution in [2.45, 2.75) is 30.2 Å². The monoisotopic (exact) mass is 315 g/mol. The Balaban J connectivity index is 1.84. The Morgan fingerprint density at radius 3 is 2.71 bits per heavy atom. The van der Waals surface area contributed by atoms with Crippen molar-refractivity contribution in [3.8, 4) is 0 Å². The Bertz CT molecular complexity index is 692. The summed E-state index contributed by atoms with van der Waals surface area (Å²) in [4.78, 5) is 12.7. The highest BCUT2D eigenvalue weighted by Crippen LogP contribution is 2.45. The van der Waals surface area contributed by atoms with Gasteiger partial charge in [-0.3, -0.25) is 10.00 Å². The van der Waals surface area contributed by atoms with Crippen LogP contribution in [0.3, 0.4) is 0 Å². The Labute approximate surface area is 121 Å². The number of fused-ring (bicyclic) bond motifs is 1. The molecule has 0 spiro atoms. The quantitative estimate of drug-likeness (QED) is 0.686. The van der Waals surface area contributed by atoms with Crippen molar-refractivity contribution in [2.75, 3.05) is 19.3 Å². The van der Waals surface area contributed by atoms with Crippen molar-refractivity contribution >= 4 is 15.8 Å². The molecule has 9 heteroatoms. The van der Waals surface area contributed by atoms with Crippen LogP contribution in [0.5, 0.6) is 0 Å². The van der Waals surface area contributed by atoms with Crippen LogP contribution in [0.1, 0.15) is 40.8 Å². The van der Waals surface area contributed by atoms with E-state index in [4.69, 9.17) is 5.11 Å². The van der Waals surface area contributed by atoms with E-state index in [0.29, 0.717) is 37.1 Å². The van der Waals surface area contributed by atoms with E-state index < -0.39 is 26.8 Å². The third kappa shape index (κ3) is 2.25. The molecule has 2 aliphatic rings. The predicted molar refractivity (Wildman–Crippen MR) is 72.6 cm³/mol. The number of nitrogens with zero attached hydrogens (tertiary/aromatic N) is 2. The summed E-state index contributed by atoms with van der Waals surface area (Å²) >= 11 is 0. The van der Waals surface area contributed by atoms with Gasteiger partial charge in [-0.2, -0.15) is 5.10 Å². The van der Waals surface area contributed by atoms with E-state index in [1.165, 1.54) is 6.26 Å². The van der Waals surface area contributed by atoms with Crippen LogP contribution >= 0.6 is 0 Å². The van der Waals surface area contributed by atoms with Gasteiger partial charge < -0.3 is 10.2 Å². The first kappa shape index (κ1) is 14.5. The lowest BCUT2D eigenvalue weighted by atomic mass is 10.0. The van der Waals surface area contributed by atoms with Crippen molar-refractivity contribution in [3.05, 3.63) is 17.0 Å². The third-order valence-electron chi connectivity index (χ3n) is 4.44. The zero-order chi connectivity index (χ0) is 15.4. The number of nitrogens with one attached hydrogen (secondary N) is 1. The highest BCUT2D eigenvalue weighted by Gasteiger charge is 2.54. The summed E-state index contributed by atoms with van der Waals surface area (Å²) in [7, 11) is -3.17. The zero-order valence-corrected chi connectivity index (χ0v) is 12.4. The molecule has 2 heterocycles. The van der Waals surface area contributed by atoms with Crippen LogP contribution < -0.4 is 0 Å². The summed E-state index contributed by atoms with van der Waals surface area (Å²) < 4.78 is 22.9. The first-order valence-electron chi connectivity index (χ1n) is 6.67. The van der Waals surface area contributed by atoms with E-state index in [1.807, 2.05) is 0 Å². The van der Waals surface area contributed by atoms with Crippen LogP contribution in [-0.2, 0) is 16.3 Å². The van der Waals surface area contributed by atoms with Gasteiger partial charge in [-0.15, -0.1) is 0 Å². The molecular formula is C12H17N3O5S. The van der Waals surface area contributed by atoms with E-state index in [-0.39, 0.29) is 12.2 Å². The number of hydrogen-bond donors (Lipinski definition) is 3. The third-order valence-corrected chi connectivity index (χ3v) is 6.55. The summed E-state index contributed by atoms with van der Waals surface area (Å²) in [5.41, 5.74) is 0.770. The van der Waals surface area contributed by atoms with Gasteiger partial charge in [0.05, 0.1) is 10.4 Å². The number of rotatable bonds is 4. The lowest BCUT2D eigenvalue weighted by Crippen LogP contribution is -2.43. The summed E-state index contributed by atoms with van der Waals surface area (Å²) in [6.07, 6.45) is 1.80. The smallest absolute Gasteiger partial charge is 0.356 e. The van der Waals surface area contributed by atoms with Crippen LogP contribution in [0.25, 0.3) is 0 Å². The van der Waals surface area contributed by atoms with E-state index >= 15 is 0 Å². The van der Waals surface area contributed by atoms with Gasteiger partial charge in [-0.25, -0.2) is 13.2 Å². The van der Waals surface area contributed by atoms with Crippen LogP contribution in [0.15, 0.2) is 0 Å². The highest BCUT2D eigenvalue weighted by molar-refractivity contribution is 7.92. The van der Waals surface area contributed by atoms with Gasteiger partial charge in [0.15, 0.2) is 15.5 Å². The van der Waals surface area contributed by atoms with Gasteiger partial charge in [0.2, 0.25) is 0 Å². The van der Waals surface area contributed by atoms with Crippen molar-refractivity contribution in [1.29, 1.82) is 0 Å². The summed E-state index contributed by atoms with van der Waals surface area (Å²) in [5, 5.41) is 25.6. The van der Waals surface area contributed by atoms with Gasteiger partial charge in [-0.1, -0.05) is 0 Å². The molecule has 1 aliphatic carbocycles. The second-order valence-corrected chi connectivity index (χ2v) is 8.23. The summed E-state index contributed by atoms with van der Waals surface area (Å²) in [6, 6.07) is 0. The van der Waals surface area contributed by atoms with Gasteiger partial charge in [0.25, 0.3) is 0 Å². The molecule has 1 unspecified atom stereocenters. The van der Waals surface area contributed by atoms with E-state index in [2.05, 4.69) is 10.2 Å². The standard InChI is InChI=1S/C12H17N3O5S/c1-21(19,20)12(3-4-12)6-15-5-2-7-8(10(15)16)13-14-9(7)11(17)18/h10,16H,2-6H2,1H3,(H,13,14)(H,17,18). The Morgan fingerprint density at radius 2 is 2.19 bits per heavy atom. The largest absolute Gasteiger partial charge is 0.476 e. The molecule has 3 N–H and O–H groups in total. The zero-order valence-electron chi connectivity index (χ0n) is 11.5. The molecule has 0 bridgehead atoms. The molecule has 1 saturated carbocycles. The first-order chi connectivity index (χ1) is 9.75. The minimum atomic E-state index is -3.17. The number of aliphatic hydroxyl groups excluding tert-OH is 1. The highest BCUT2D eigenvalue weighted by atomic mass is 32.2. The minimum Gasteiger partial charge on any atom is -0.476 e. The van der Waals surface area contributed by atoms with Gasteiger partial charge in [0, 0.05) is 24.9 Å². The van der Waals surface area contributed by atoms with Crippen LogP contribution in [0, 0.1) is 0 Å². The maximum absolute atomic E-state index is 11.8. The normalized spacial score (nSPS) is 24.6. The lowest BCUT2D eigenvalue weighted by Gasteiger charge is -2.34. The van der Waals surface area contributed by atoms with Crippen LogP contribution in [0.4, 0.5) is 0 Å². The average Bonchev–Trinajstić information content (AvgIpc) is 3.03. The van der Waals surface area contributed by atoms with E-state index in [9.17, 15) is 18.3 Å². The van der Waals surface area contributed by atoms with Crippen LogP contribution in [-0.4, -0.2) is 63.8 Å². The molecule has 0 aromatic carbocycles. The Kier molecular flexibility index (Phi) is 3.12. The topological polar surface area (TPSA) is 124 Å². The number of aromatic carboxylic acids is 1. The molecule has 0 saturated heterocycles. The number of aromatic amines is 1. The number of hydrogen-bond acceptors (Lipinski definition) is 6. The van der Waals surface area contributed by atoms with Crippen molar-refractivity contribution in [1.82, 2.24) is 15.1 Å². The first-order valence-corrected chi connectivity index (χ1v) is 8.56. The molecule has 1 aromatic heterocycles. The van der Waals surface area contributed by atoms with Crippen LogP contribution in [0.2, 0.25) is 0 Å². The maximum atomic E-state index is 11.8. The number of carbonyl (C=O) groups is 1. The van der Waals surface area contributed by atoms with E-state index in [1.54, 1.807) is 4.90 Å². The molecule has 1 fully saturated rings. The second-order valence-electron chi connectivity index (χ2n) is 5.82. The van der Waals surface area contributed by atoms with E-state index in [0.717, 1.165) is 0 Å². The van der Waals surface area contributed by atoms with Crippen molar-refractivity contribution < 1.29 is 23.4 Å². The fourth-order valence-electron chi connectivity index (χ4n) is 2.90. The molecule has 3 rings (SSSR count). The summed E-state index contributed by atoms with van der Waals surface area (Å²) in [5.74, 6) is -1.14. The number of sulfone groups is 1. The van der Waals surface area contributed by atoms with Crippen molar-refractivity contribution in [3.63, 3.8) is 0 Å². The molecule has 8 nitrogen and oxygen atoms in total. The molecular weight excluding hydrogens is 298 g/mol. The number of aromatic nitrogens is 2. The fraction of sp³-hybridized carbons (Fsp3) is 0.667. The molecule has 21 heavy (non-hydrogen) atoms. The van der Waals surface area contributed by atoms with Gasteiger partial charge in [0.1, 0.15) is 6.23 Å². The molecule has 116 valence electrons. The molecule has 0 radical (unpaired) electrons. The Morgan fingerprint density at radius 1 is 1.52 bits per heavy atom. The second kappa shape index (κ2) is 4.52. The summed E-state index contributed by atoms with van der Waals surface area (Å²) in [6.45, 7) is 0.666. The maximum Gasteiger partial charge on any atom is 0.356 e. The molecule has 1 atom stereocenters. The molecule has 0 amide bonds. The molecule has 1 aliphatic heterocycles. The number of carboxylic acids is 1. The number of aliphatic hydroxyl groups is 1. The predicted octanol–water partition coefficient (Wildman–Crippen LogP) is -0.466. The average molecular weight is 315 g/mol. The fourth-order valence-corrected chi connectivity index (χ4v) is 4.15. The lowest BCUT2D eigenvalue weighted by molar-refractivity contribution is -0.0107. The Hall–Kier alpha value is -1.45. The number of carboxylic acid groups (broad SMARTS) is 1. The number of H-pyrrole nitrogens is 1. The SMILES string of the molecule is CS(=O)(=O)C1(CN2CCc3c(C(=O)O)n[nH]c3C2O)CC1. The van der Waals surface area contributed by atoms with Gasteiger partial charge in [-0.05, 0) is 19.3 Å². The van der Waals surface area contributed by atoms with Crippen molar-refractivity contribution in [2.24, 2.45) is 0 Å². The van der Waals surface area contributed by atoms with Gasteiger partial charge >= 0.3 is 5.97 Å². The minimum absolute atomic E-state index is 0.0760. The molecule has 1 aromatic rings.